The molecule has 0 fully saturated rings. The molecule has 122 valence electrons. The van der Waals surface area contributed by atoms with Gasteiger partial charge >= 0.3 is 5.97 Å². The molecule has 1 aromatic rings. The molecule has 0 aliphatic heterocycles. The summed E-state index contributed by atoms with van der Waals surface area (Å²) in [5, 5.41) is 10.7. The van der Waals surface area contributed by atoms with E-state index in [2.05, 4.69) is 27.4 Å². The highest BCUT2D eigenvalue weighted by Crippen LogP contribution is 2.43. The lowest BCUT2D eigenvalue weighted by molar-refractivity contribution is -0.128. The van der Waals surface area contributed by atoms with Crippen LogP contribution in [-0.2, 0) is 15.6 Å². The van der Waals surface area contributed by atoms with E-state index in [9.17, 15) is 9.90 Å². The fourth-order valence-corrected chi connectivity index (χ4v) is 2.67. The predicted molar refractivity (Wildman–Crippen MR) is 90.6 cm³/mol. The van der Waals surface area contributed by atoms with Gasteiger partial charge in [-0.25, -0.2) is 4.79 Å². The van der Waals surface area contributed by atoms with Gasteiger partial charge in [0.2, 0.25) is 0 Å². The third kappa shape index (κ3) is 4.12. The second kappa shape index (κ2) is 6.55. The van der Waals surface area contributed by atoms with Gasteiger partial charge in [-0.3, -0.25) is 0 Å². The molecule has 1 rings (SSSR count). The first-order chi connectivity index (χ1) is 10.0. The second-order valence-corrected chi connectivity index (χ2v) is 7.38. The van der Waals surface area contributed by atoms with Crippen molar-refractivity contribution in [1.82, 2.24) is 0 Å². The average molecular weight is 304 g/mol. The summed E-state index contributed by atoms with van der Waals surface area (Å²) in [5.74, 6) is 0.251. The molecule has 0 aromatic heterocycles. The van der Waals surface area contributed by atoms with Crippen molar-refractivity contribution in [2.75, 3.05) is 0 Å². The Hall–Kier alpha value is -1.77. The smallest absolute Gasteiger partial charge is 0.335 e. The maximum atomic E-state index is 11.5. The number of benzene rings is 1. The van der Waals surface area contributed by atoms with E-state index in [1.165, 1.54) is 0 Å². The molecule has 0 heterocycles. The Bertz CT molecular complexity index is 563. The molecule has 0 aliphatic carbocycles. The monoisotopic (exact) mass is 304 g/mol. The Balaban J connectivity index is 3.51. The van der Waals surface area contributed by atoms with Crippen LogP contribution in [-0.4, -0.2) is 11.1 Å². The van der Waals surface area contributed by atoms with Crippen LogP contribution in [0.25, 0.3) is 0 Å². The number of hydrogen-bond donors (Lipinski definition) is 1. The van der Waals surface area contributed by atoms with Crippen LogP contribution >= 0.6 is 0 Å². The normalized spacial score (nSPS) is 12.1. The number of aromatic hydroxyl groups is 1. The SMILES string of the molecule is C=CC(=O)Oc1cc(C(C)(C)C)c(O)c(C(C)(C)CCC)c1. The van der Waals surface area contributed by atoms with E-state index in [-0.39, 0.29) is 10.8 Å². The Morgan fingerprint density at radius 3 is 2.23 bits per heavy atom. The van der Waals surface area contributed by atoms with E-state index in [1.54, 1.807) is 12.1 Å². The molecule has 0 aliphatic rings. The van der Waals surface area contributed by atoms with E-state index in [1.807, 2.05) is 20.8 Å². The number of hydrogen-bond acceptors (Lipinski definition) is 3. The highest BCUT2D eigenvalue weighted by Gasteiger charge is 2.29. The summed E-state index contributed by atoms with van der Waals surface area (Å²) < 4.78 is 5.30. The first kappa shape index (κ1) is 18.3. The van der Waals surface area contributed by atoms with Crippen LogP contribution in [0, 0.1) is 0 Å². The Kier molecular flexibility index (Phi) is 5.44. The highest BCUT2D eigenvalue weighted by molar-refractivity contribution is 5.83. The van der Waals surface area contributed by atoms with Crippen molar-refractivity contribution in [3.63, 3.8) is 0 Å². The second-order valence-electron chi connectivity index (χ2n) is 7.38. The van der Waals surface area contributed by atoms with E-state index in [4.69, 9.17) is 4.74 Å². The molecule has 3 heteroatoms. The summed E-state index contributed by atoms with van der Waals surface area (Å²) in [6.45, 7) is 15.8. The summed E-state index contributed by atoms with van der Waals surface area (Å²) in [4.78, 5) is 11.5. The van der Waals surface area contributed by atoms with Crippen LogP contribution in [0.5, 0.6) is 11.5 Å². The number of rotatable bonds is 5. The zero-order chi connectivity index (χ0) is 17.1. The number of ether oxygens (including phenoxy) is 1. The van der Waals surface area contributed by atoms with Crippen LogP contribution in [0.2, 0.25) is 0 Å². The highest BCUT2D eigenvalue weighted by atomic mass is 16.5. The minimum absolute atomic E-state index is 0.199. The van der Waals surface area contributed by atoms with Crippen molar-refractivity contribution < 1.29 is 14.6 Å². The van der Waals surface area contributed by atoms with Gasteiger partial charge in [0.1, 0.15) is 11.5 Å². The third-order valence-electron chi connectivity index (χ3n) is 3.88. The average Bonchev–Trinajstić information content (AvgIpc) is 2.38. The van der Waals surface area contributed by atoms with Gasteiger partial charge in [0.15, 0.2) is 0 Å². The summed E-state index contributed by atoms with van der Waals surface area (Å²) in [6.07, 6.45) is 3.08. The van der Waals surface area contributed by atoms with Gasteiger partial charge in [0.05, 0.1) is 0 Å². The molecule has 0 saturated heterocycles. The molecule has 0 amide bonds. The van der Waals surface area contributed by atoms with Gasteiger partial charge in [-0.2, -0.15) is 0 Å². The molecular formula is C19H28O3. The van der Waals surface area contributed by atoms with E-state index < -0.39 is 5.97 Å². The quantitative estimate of drug-likeness (QED) is 0.480. The third-order valence-corrected chi connectivity index (χ3v) is 3.88. The van der Waals surface area contributed by atoms with Crippen LogP contribution in [0.4, 0.5) is 0 Å². The van der Waals surface area contributed by atoms with Gasteiger partial charge in [-0.05, 0) is 29.4 Å². The lowest BCUT2D eigenvalue weighted by Gasteiger charge is -2.30. The number of carbonyl (C=O) groups is 1. The topological polar surface area (TPSA) is 46.5 Å². The lowest BCUT2D eigenvalue weighted by Crippen LogP contribution is -2.20. The summed E-state index contributed by atoms with van der Waals surface area (Å²) in [6, 6.07) is 3.50. The molecular weight excluding hydrogens is 276 g/mol. The van der Waals surface area contributed by atoms with Gasteiger partial charge in [0.25, 0.3) is 0 Å². The maximum Gasteiger partial charge on any atom is 0.335 e. The zero-order valence-corrected chi connectivity index (χ0v) is 14.6. The molecule has 0 atom stereocenters. The first-order valence-corrected chi connectivity index (χ1v) is 7.75. The standard InChI is InChI=1S/C19H28O3/c1-8-10-19(6,7)15-12-13(22-16(20)9-2)11-14(17(15)21)18(3,4)5/h9,11-12,21H,2,8,10H2,1,3-7H3. The van der Waals surface area contributed by atoms with Gasteiger partial charge in [-0.1, -0.05) is 54.5 Å². The minimum atomic E-state index is -0.496. The Morgan fingerprint density at radius 1 is 1.23 bits per heavy atom. The van der Waals surface area contributed by atoms with Crippen LogP contribution in [0.1, 0.15) is 65.5 Å². The molecule has 0 unspecified atom stereocenters. The number of phenolic OH excluding ortho intramolecular Hbond substituents is 1. The molecule has 3 nitrogen and oxygen atoms in total. The van der Waals surface area contributed by atoms with E-state index in [0.29, 0.717) is 11.5 Å². The van der Waals surface area contributed by atoms with Gasteiger partial charge in [-0.15, -0.1) is 0 Å². The van der Waals surface area contributed by atoms with Gasteiger partial charge in [0, 0.05) is 17.2 Å². The zero-order valence-electron chi connectivity index (χ0n) is 14.6. The predicted octanol–water partition coefficient (Wildman–Crippen LogP) is 4.86. The fourth-order valence-electron chi connectivity index (χ4n) is 2.67. The van der Waals surface area contributed by atoms with Crippen LogP contribution in [0.3, 0.4) is 0 Å². The Morgan fingerprint density at radius 2 is 1.77 bits per heavy atom. The molecule has 1 aromatic carbocycles. The molecule has 22 heavy (non-hydrogen) atoms. The molecule has 0 saturated carbocycles. The largest absolute Gasteiger partial charge is 0.507 e. The van der Waals surface area contributed by atoms with Crippen molar-refractivity contribution >= 4 is 5.97 Å². The number of esters is 1. The fraction of sp³-hybridized carbons (Fsp3) is 0.526. The van der Waals surface area contributed by atoms with Crippen LogP contribution < -0.4 is 4.74 Å². The lowest BCUT2D eigenvalue weighted by atomic mass is 9.76. The van der Waals surface area contributed by atoms with Crippen molar-refractivity contribution in [1.29, 1.82) is 0 Å². The number of carbonyl (C=O) groups excluding carboxylic acids is 1. The summed E-state index contributed by atoms with van der Waals surface area (Å²) >= 11 is 0. The maximum absolute atomic E-state index is 11.5. The molecule has 0 bridgehead atoms. The van der Waals surface area contributed by atoms with Crippen LogP contribution in [0.15, 0.2) is 24.8 Å². The molecule has 0 radical (unpaired) electrons. The van der Waals surface area contributed by atoms with Gasteiger partial charge < -0.3 is 9.84 Å². The molecule has 1 N–H and O–H groups in total. The Labute approximate surface area is 134 Å². The first-order valence-electron chi connectivity index (χ1n) is 7.75. The van der Waals surface area contributed by atoms with E-state index in [0.717, 1.165) is 30.0 Å². The van der Waals surface area contributed by atoms with Crippen molar-refractivity contribution in [2.24, 2.45) is 0 Å². The van der Waals surface area contributed by atoms with Crippen molar-refractivity contribution in [2.45, 2.75) is 65.2 Å². The molecule has 0 spiro atoms. The van der Waals surface area contributed by atoms with E-state index >= 15 is 0 Å². The van der Waals surface area contributed by atoms with Crippen molar-refractivity contribution in [3.05, 3.63) is 35.9 Å². The summed E-state index contributed by atoms with van der Waals surface area (Å²) in [7, 11) is 0. The number of phenols is 1. The van der Waals surface area contributed by atoms with Crippen molar-refractivity contribution in [3.8, 4) is 11.5 Å². The minimum Gasteiger partial charge on any atom is -0.507 e. The summed E-state index contributed by atoms with van der Waals surface area (Å²) in [5.41, 5.74) is 1.14.